The molecule has 3 heteroatoms. The Morgan fingerprint density at radius 2 is 1.45 bits per heavy atom. The molecule has 0 aliphatic carbocycles. The molecule has 106 valence electrons. The largest absolute Gasteiger partial charge is 0.496 e. The van der Waals surface area contributed by atoms with Gasteiger partial charge in [0.2, 0.25) is 0 Å². The fourth-order valence-corrected chi connectivity index (χ4v) is 2.40. The number of hydrogen-bond donors (Lipinski definition) is 1. The summed E-state index contributed by atoms with van der Waals surface area (Å²) in [6.07, 6.45) is 0.456. The molecular formula is C17H20O3. The van der Waals surface area contributed by atoms with Gasteiger partial charge in [-0.05, 0) is 24.6 Å². The molecule has 20 heavy (non-hydrogen) atoms. The summed E-state index contributed by atoms with van der Waals surface area (Å²) in [5.41, 5.74) is 0.709. The van der Waals surface area contributed by atoms with E-state index in [0.29, 0.717) is 12.2 Å². The van der Waals surface area contributed by atoms with Crippen molar-refractivity contribution in [3.63, 3.8) is 0 Å². The first kappa shape index (κ1) is 14.4. The minimum Gasteiger partial charge on any atom is -0.496 e. The van der Waals surface area contributed by atoms with Crippen LogP contribution in [0.25, 0.3) is 0 Å². The van der Waals surface area contributed by atoms with E-state index in [4.69, 9.17) is 9.47 Å². The van der Waals surface area contributed by atoms with Crippen molar-refractivity contribution in [1.29, 1.82) is 0 Å². The molecule has 0 aliphatic rings. The Bertz CT molecular complexity index is 576. The van der Waals surface area contributed by atoms with E-state index in [-0.39, 0.29) is 0 Å². The molecule has 0 aromatic heterocycles. The van der Waals surface area contributed by atoms with Gasteiger partial charge in [-0.2, -0.15) is 0 Å². The molecule has 2 aromatic carbocycles. The normalized spacial score (nSPS) is 13.6. The van der Waals surface area contributed by atoms with Gasteiger partial charge in [-0.3, -0.25) is 0 Å². The standard InChI is InChI=1S/C17H20O3/c1-17(18,14-9-5-7-11-16(14)20-3)12-13-8-4-6-10-15(13)19-2/h4-11,18H,12H2,1-3H3. The zero-order chi connectivity index (χ0) is 14.6. The van der Waals surface area contributed by atoms with E-state index >= 15 is 0 Å². The molecule has 0 radical (unpaired) electrons. The van der Waals surface area contributed by atoms with Crippen LogP contribution in [0.4, 0.5) is 0 Å². The summed E-state index contributed by atoms with van der Waals surface area (Å²) < 4.78 is 10.7. The third kappa shape index (κ3) is 2.94. The van der Waals surface area contributed by atoms with Gasteiger partial charge in [0, 0.05) is 12.0 Å². The van der Waals surface area contributed by atoms with Crippen LogP contribution >= 0.6 is 0 Å². The highest BCUT2D eigenvalue weighted by Gasteiger charge is 2.28. The summed E-state index contributed by atoms with van der Waals surface area (Å²) in [5.74, 6) is 1.47. The Balaban J connectivity index is 2.35. The van der Waals surface area contributed by atoms with Crippen molar-refractivity contribution >= 4 is 0 Å². The minimum absolute atomic E-state index is 0.456. The monoisotopic (exact) mass is 272 g/mol. The molecule has 3 nitrogen and oxygen atoms in total. The number of para-hydroxylation sites is 2. The van der Waals surface area contributed by atoms with E-state index in [2.05, 4.69) is 0 Å². The Morgan fingerprint density at radius 1 is 0.900 bits per heavy atom. The molecule has 0 saturated carbocycles. The molecule has 2 aromatic rings. The summed E-state index contributed by atoms with van der Waals surface area (Å²) >= 11 is 0. The highest BCUT2D eigenvalue weighted by molar-refractivity contribution is 5.41. The van der Waals surface area contributed by atoms with Crippen LogP contribution in [-0.4, -0.2) is 19.3 Å². The van der Waals surface area contributed by atoms with Crippen LogP contribution < -0.4 is 9.47 Å². The Hall–Kier alpha value is -2.00. The fourth-order valence-electron chi connectivity index (χ4n) is 2.40. The zero-order valence-corrected chi connectivity index (χ0v) is 12.1. The lowest BCUT2D eigenvalue weighted by atomic mass is 9.88. The van der Waals surface area contributed by atoms with Crippen molar-refractivity contribution in [3.05, 3.63) is 59.7 Å². The van der Waals surface area contributed by atoms with E-state index in [1.165, 1.54) is 0 Å². The second kappa shape index (κ2) is 5.97. The summed E-state index contributed by atoms with van der Waals surface area (Å²) in [4.78, 5) is 0. The molecule has 1 atom stereocenters. The molecular weight excluding hydrogens is 252 g/mol. The molecule has 0 spiro atoms. The first-order valence-electron chi connectivity index (χ1n) is 6.56. The van der Waals surface area contributed by atoms with Gasteiger partial charge in [-0.1, -0.05) is 36.4 Å². The van der Waals surface area contributed by atoms with E-state index in [1.54, 1.807) is 21.1 Å². The van der Waals surface area contributed by atoms with Gasteiger partial charge in [0.1, 0.15) is 11.5 Å². The van der Waals surface area contributed by atoms with Gasteiger partial charge in [0.25, 0.3) is 0 Å². The second-order valence-corrected chi connectivity index (χ2v) is 4.96. The van der Waals surface area contributed by atoms with Crippen LogP contribution in [0.3, 0.4) is 0 Å². The van der Waals surface area contributed by atoms with Crippen LogP contribution in [0.15, 0.2) is 48.5 Å². The summed E-state index contributed by atoms with van der Waals surface area (Å²) in [7, 11) is 3.24. The van der Waals surface area contributed by atoms with E-state index < -0.39 is 5.60 Å². The Kier molecular flexibility index (Phi) is 4.30. The number of methoxy groups -OCH3 is 2. The number of rotatable bonds is 5. The highest BCUT2D eigenvalue weighted by Crippen LogP contribution is 2.34. The maximum atomic E-state index is 10.8. The summed E-state index contributed by atoms with van der Waals surface area (Å²) in [6.45, 7) is 1.79. The number of ether oxygens (including phenoxy) is 2. The van der Waals surface area contributed by atoms with Crippen LogP contribution in [0.2, 0.25) is 0 Å². The van der Waals surface area contributed by atoms with Gasteiger partial charge in [0.05, 0.1) is 19.8 Å². The number of hydrogen-bond acceptors (Lipinski definition) is 3. The van der Waals surface area contributed by atoms with Gasteiger partial charge >= 0.3 is 0 Å². The molecule has 1 N–H and O–H groups in total. The maximum Gasteiger partial charge on any atom is 0.124 e. The maximum absolute atomic E-state index is 10.8. The van der Waals surface area contributed by atoms with Gasteiger partial charge in [-0.15, -0.1) is 0 Å². The average molecular weight is 272 g/mol. The first-order valence-corrected chi connectivity index (χ1v) is 6.56. The quantitative estimate of drug-likeness (QED) is 0.908. The average Bonchev–Trinajstić information content (AvgIpc) is 2.47. The topological polar surface area (TPSA) is 38.7 Å². The van der Waals surface area contributed by atoms with Crippen molar-refractivity contribution in [3.8, 4) is 11.5 Å². The fraction of sp³-hybridized carbons (Fsp3) is 0.294. The molecule has 0 aliphatic heterocycles. The lowest BCUT2D eigenvalue weighted by Crippen LogP contribution is -2.25. The van der Waals surface area contributed by atoms with Crippen molar-refractivity contribution in [1.82, 2.24) is 0 Å². The van der Waals surface area contributed by atoms with E-state index in [1.807, 2.05) is 48.5 Å². The Morgan fingerprint density at radius 3 is 2.10 bits per heavy atom. The molecule has 2 rings (SSSR count). The highest BCUT2D eigenvalue weighted by atomic mass is 16.5. The van der Waals surface area contributed by atoms with E-state index in [0.717, 1.165) is 16.9 Å². The Labute approximate surface area is 119 Å². The van der Waals surface area contributed by atoms with Crippen molar-refractivity contribution in [2.45, 2.75) is 18.9 Å². The summed E-state index contributed by atoms with van der Waals surface area (Å²) in [5, 5.41) is 10.8. The predicted octanol–water partition coefficient (Wildman–Crippen LogP) is 3.15. The zero-order valence-electron chi connectivity index (χ0n) is 12.1. The van der Waals surface area contributed by atoms with Crippen LogP contribution in [0.5, 0.6) is 11.5 Å². The van der Waals surface area contributed by atoms with Crippen LogP contribution in [-0.2, 0) is 12.0 Å². The summed E-state index contributed by atoms with van der Waals surface area (Å²) in [6, 6.07) is 15.2. The van der Waals surface area contributed by atoms with E-state index in [9.17, 15) is 5.11 Å². The third-order valence-corrected chi connectivity index (χ3v) is 3.41. The second-order valence-electron chi connectivity index (χ2n) is 4.96. The van der Waals surface area contributed by atoms with Crippen molar-refractivity contribution < 1.29 is 14.6 Å². The molecule has 0 saturated heterocycles. The minimum atomic E-state index is -1.03. The van der Waals surface area contributed by atoms with Gasteiger partial charge in [0.15, 0.2) is 0 Å². The first-order chi connectivity index (χ1) is 9.58. The van der Waals surface area contributed by atoms with Crippen molar-refractivity contribution in [2.24, 2.45) is 0 Å². The number of benzene rings is 2. The molecule has 0 bridgehead atoms. The number of aliphatic hydroxyl groups is 1. The smallest absolute Gasteiger partial charge is 0.124 e. The van der Waals surface area contributed by atoms with Crippen molar-refractivity contribution in [2.75, 3.05) is 14.2 Å². The van der Waals surface area contributed by atoms with Gasteiger partial charge in [-0.25, -0.2) is 0 Å². The third-order valence-electron chi connectivity index (χ3n) is 3.41. The lowest BCUT2D eigenvalue weighted by Gasteiger charge is -2.26. The van der Waals surface area contributed by atoms with Crippen LogP contribution in [0, 0.1) is 0 Å². The SMILES string of the molecule is COc1ccccc1CC(C)(O)c1ccccc1OC. The molecule has 1 unspecified atom stereocenters. The molecule has 0 amide bonds. The predicted molar refractivity (Wildman–Crippen MR) is 79.3 cm³/mol. The molecule has 0 heterocycles. The lowest BCUT2D eigenvalue weighted by molar-refractivity contribution is 0.0543. The van der Waals surface area contributed by atoms with Gasteiger partial charge < -0.3 is 14.6 Å². The molecule has 0 fully saturated rings. The van der Waals surface area contributed by atoms with Crippen LogP contribution in [0.1, 0.15) is 18.1 Å².